The van der Waals surface area contributed by atoms with Crippen molar-refractivity contribution in [2.45, 2.75) is 0 Å². The topological polar surface area (TPSA) is 46.3 Å². The number of carbonyl (C=O) groups is 1. The minimum absolute atomic E-state index is 0.325. The zero-order valence-electron chi connectivity index (χ0n) is 8.31. The van der Waals surface area contributed by atoms with Crippen LogP contribution in [0.15, 0.2) is 23.1 Å². The Kier molecular flexibility index (Phi) is 3.75. The number of amides is 1. The van der Waals surface area contributed by atoms with E-state index in [-0.39, 0.29) is 5.91 Å². The number of thiocarbonyl (C=S) groups is 1. The van der Waals surface area contributed by atoms with Gasteiger partial charge in [-0.05, 0) is 23.8 Å². The number of hydrogen-bond acceptors (Lipinski definition) is 4. The van der Waals surface area contributed by atoms with E-state index in [0.717, 1.165) is 16.8 Å². The van der Waals surface area contributed by atoms with Crippen LogP contribution >= 0.6 is 47.2 Å². The van der Waals surface area contributed by atoms with Crippen molar-refractivity contribution in [3.05, 3.63) is 38.7 Å². The normalized spacial score (nSPS) is 18.3. The van der Waals surface area contributed by atoms with Gasteiger partial charge in [-0.15, -0.1) is 0 Å². The van der Waals surface area contributed by atoms with Gasteiger partial charge < -0.3 is 0 Å². The monoisotopic (exact) mass is 304 g/mol. The molecule has 1 aromatic rings. The summed E-state index contributed by atoms with van der Waals surface area (Å²) in [5, 5.41) is 1.95. The maximum Gasteiger partial charge on any atom is 0.280 e. The highest BCUT2D eigenvalue weighted by Crippen LogP contribution is 2.32. The van der Waals surface area contributed by atoms with Crippen LogP contribution in [0.3, 0.4) is 0 Å². The van der Waals surface area contributed by atoms with Crippen molar-refractivity contribution in [2.75, 3.05) is 0 Å². The molecule has 1 aromatic carbocycles. The van der Waals surface area contributed by atoms with E-state index in [2.05, 4.69) is 0 Å². The first-order valence-corrected chi connectivity index (χ1v) is 6.45. The van der Waals surface area contributed by atoms with Crippen LogP contribution in [0.4, 0.5) is 0 Å². The van der Waals surface area contributed by atoms with E-state index >= 15 is 0 Å². The van der Waals surface area contributed by atoms with Crippen molar-refractivity contribution in [3.8, 4) is 0 Å². The molecule has 3 nitrogen and oxygen atoms in total. The molecule has 0 unspecified atom stereocenters. The van der Waals surface area contributed by atoms with Gasteiger partial charge in [-0.3, -0.25) is 4.79 Å². The molecule has 0 atom stereocenters. The lowest BCUT2D eigenvalue weighted by atomic mass is 10.2. The highest BCUT2D eigenvalue weighted by atomic mass is 35.5. The van der Waals surface area contributed by atoms with Crippen LogP contribution < -0.4 is 5.84 Å². The molecule has 2 N–H and O–H groups in total. The maximum absolute atomic E-state index is 11.7. The molecule has 1 aliphatic rings. The summed E-state index contributed by atoms with van der Waals surface area (Å²) in [6, 6.07) is 5.04. The third-order valence-corrected chi connectivity index (χ3v) is 3.97. The minimum Gasteiger partial charge on any atom is -0.267 e. The number of rotatable bonds is 1. The van der Waals surface area contributed by atoms with Gasteiger partial charge in [0.1, 0.15) is 0 Å². The Labute approximate surface area is 118 Å². The van der Waals surface area contributed by atoms with Crippen LogP contribution in [0.1, 0.15) is 5.56 Å². The molecule has 17 heavy (non-hydrogen) atoms. The fourth-order valence-electron chi connectivity index (χ4n) is 1.24. The van der Waals surface area contributed by atoms with E-state index in [1.165, 1.54) is 0 Å². The molecule has 0 saturated carbocycles. The lowest BCUT2D eigenvalue weighted by Crippen LogP contribution is -2.34. The van der Waals surface area contributed by atoms with Gasteiger partial charge >= 0.3 is 0 Å². The Morgan fingerprint density at radius 3 is 2.65 bits per heavy atom. The Morgan fingerprint density at radius 1 is 1.41 bits per heavy atom. The molecule has 1 amide bonds. The smallest absolute Gasteiger partial charge is 0.267 e. The number of benzene rings is 1. The molecule has 1 saturated heterocycles. The van der Waals surface area contributed by atoms with Gasteiger partial charge in [0, 0.05) is 10.0 Å². The third kappa shape index (κ3) is 2.64. The molecule has 7 heteroatoms. The van der Waals surface area contributed by atoms with E-state index < -0.39 is 0 Å². The Bertz CT molecular complexity index is 545. The Hall–Kier alpha value is -0.590. The quantitative estimate of drug-likeness (QED) is 0.375. The van der Waals surface area contributed by atoms with E-state index in [1.54, 1.807) is 24.3 Å². The van der Waals surface area contributed by atoms with E-state index in [9.17, 15) is 4.79 Å². The van der Waals surface area contributed by atoms with Crippen molar-refractivity contribution in [1.82, 2.24) is 5.01 Å². The number of nitrogens with two attached hydrogens (primary N) is 1. The van der Waals surface area contributed by atoms with E-state index in [4.69, 9.17) is 41.3 Å². The van der Waals surface area contributed by atoms with Crippen molar-refractivity contribution >= 4 is 63.5 Å². The van der Waals surface area contributed by atoms with Gasteiger partial charge in [-0.25, -0.2) is 10.9 Å². The SMILES string of the molecule is NN1C(=O)/C(=C/c2ccc(Cl)cc2Cl)SC1=S. The highest BCUT2D eigenvalue weighted by molar-refractivity contribution is 8.26. The zero-order chi connectivity index (χ0) is 12.6. The largest absolute Gasteiger partial charge is 0.280 e. The van der Waals surface area contributed by atoms with Gasteiger partial charge in [0.2, 0.25) is 0 Å². The maximum atomic E-state index is 11.7. The molecule has 0 radical (unpaired) electrons. The summed E-state index contributed by atoms with van der Waals surface area (Å²) in [7, 11) is 0. The molecule has 88 valence electrons. The first kappa shape index (κ1) is 12.9. The molecular weight excluding hydrogens is 299 g/mol. The lowest BCUT2D eigenvalue weighted by molar-refractivity contribution is -0.122. The van der Waals surface area contributed by atoms with Crippen LogP contribution in [0.25, 0.3) is 6.08 Å². The summed E-state index contributed by atoms with van der Waals surface area (Å²) in [5.74, 6) is 5.13. The fraction of sp³-hybridized carbons (Fsp3) is 0. The standard InChI is InChI=1S/C10H6Cl2N2OS2/c11-6-2-1-5(7(12)4-6)3-8-9(15)14(13)10(16)17-8/h1-4H,13H2/b8-3-. The first-order valence-electron chi connectivity index (χ1n) is 4.47. The lowest BCUT2D eigenvalue weighted by Gasteiger charge is -2.03. The summed E-state index contributed by atoms with van der Waals surface area (Å²) >= 11 is 17.8. The van der Waals surface area contributed by atoms with Crippen LogP contribution in [0.2, 0.25) is 10.0 Å². The number of hydrogen-bond donors (Lipinski definition) is 1. The van der Waals surface area contributed by atoms with Gasteiger partial charge in [-0.2, -0.15) is 0 Å². The van der Waals surface area contributed by atoms with Gasteiger partial charge in [0.05, 0.1) is 4.91 Å². The van der Waals surface area contributed by atoms with Crippen molar-refractivity contribution in [1.29, 1.82) is 0 Å². The Morgan fingerprint density at radius 2 is 2.12 bits per heavy atom. The Balaban J connectivity index is 2.37. The molecule has 0 bridgehead atoms. The number of halogens is 2. The zero-order valence-corrected chi connectivity index (χ0v) is 11.5. The molecule has 0 aliphatic carbocycles. The second-order valence-electron chi connectivity index (χ2n) is 3.22. The molecule has 1 heterocycles. The highest BCUT2D eigenvalue weighted by Gasteiger charge is 2.29. The first-order chi connectivity index (χ1) is 7.99. The minimum atomic E-state index is -0.328. The molecule has 0 aromatic heterocycles. The summed E-state index contributed by atoms with van der Waals surface area (Å²) in [5.41, 5.74) is 0.699. The molecular formula is C10H6Cl2N2OS2. The number of thioether (sulfide) groups is 1. The number of carbonyl (C=O) groups excluding carboxylic acids is 1. The fourth-order valence-corrected chi connectivity index (χ4v) is 2.80. The number of nitrogens with zero attached hydrogens (tertiary/aromatic N) is 1. The molecule has 1 aliphatic heterocycles. The van der Waals surface area contributed by atoms with E-state index in [0.29, 0.717) is 24.8 Å². The second-order valence-corrected chi connectivity index (χ2v) is 5.74. The molecule has 1 fully saturated rings. The van der Waals surface area contributed by atoms with Crippen LogP contribution in [0, 0.1) is 0 Å². The van der Waals surface area contributed by atoms with Gasteiger partial charge in [0.25, 0.3) is 5.91 Å². The van der Waals surface area contributed by atoms with Gasteiger partial charge in [0.15, 0.2) is 4.32 Å². The van der Waals surface area contributed by atoms with Crippen molar-refractivity contribution in [3.63, 3.8) is 0 Å². The van der Waals surface area contributed by atoms with Crippen LogP contribution in [0.5, 0.6) is 0 Å². The average Bonchev–Trinajstić information content (AvgIpc) is 2.50. The summed E-state index contributed by atoms with van der Waals surface area (Å²) < 4.78 is 0.325. The van der Waals surface area contributed by atoms with Crippen LogP contribution in [-0.4, -0.2) is 15.2 Å². The van der Waals surface area contributed by atoms with Crippen molar-refractivity contribution in [2.24, 2.45) is 5.84 Å². The van der Waals surface area contributed by atoms with E-state index in [1.807, 2.05) is 0 Å². The summed E-state index contributed by atoms with van der Waals surface area (Å²) in [4.78, 5) is 12.1. The van der Waals surface area contributed by atoms with Crippen molar-refractivity contribution < 1.29 is 4.79 Å². The third-order valence-electron chi connectivity index (χ3n) is 2.07. The van der Waals surface area contributed by atoms with Gasteiger partial charge in [-0.1, -0.05) is 53.2 Å². The summed E-state index contributed by atoms with van der Waals surface area (Å²) in [6.07, 6.45) is 1.64. The second kappa shape index (κ2) is 4.96. The predicted molar refractivity (Wildman–Crippen MR) is 75.7 cm³/mol. The molecule has 0 spiro atoms. The molecule has 2 rings (SSSR count). The number of hydrazine groups is 1. The average molecular weight is 305 g/mol. The van der Waals surface area contributed by atoms with Crippen LogP contribution in [-0.2, 0) is 4.79 Å². The predicted octanol–water partition coefficient (Wildman–Crippen LogP) is 3.07. The summed E-state index contributed by atoms with van der Waals surface area (Å²) in [6.45, 7) is 0.